The van der Waals surface area contributed by atoms with Crippen molar-refractivity contribution in [3.63, 3.8) is 0 Å². The Kier molecular flexibility index (Phi) is 5.77. The van der Waals surface area contributed by atoms with E-state index < -0.39 is 17.1 Å². The zero-order valence-corrected chi connectivity index (χ0v) is 17.9. The Hall–Kier alpha value is -3.58. The number of carbonyl (C=O) groups is 3. The predicted molar refractivity (Wildman–Crippen MR) is 123 cm³/mol. The molecule has 0 saturated carbocycles. The smallest absolute Gasteiger partial charge is 0.294 e. The standard InChI is InChI=1S/C24H20N2O4S/c1-15-7-10-17(11-8-15)25-22(27)14-26-23(28)21(31-24(26)29)13-16-9-12-20(30-2)19-6-4-3-5-18(16)19/h3-13H,14H2,1-2H3,(H,25,27)/b21-13+. The molecule has 3 aromatic carbocycles. The zero-order chi connectivity index (χ0) is 22.0. The van der Waals surface area contributed by atoms with Gasteiger partial charge in [0.15, 0.2) is 0 Å². The molecule has 1 aliphatic heterocycles. The van der Waals surface area contributed by atoms with Gasteiger partial charge in [-0.1, -0.05) is 48.0 Å². The van der Waals surface area contributed by atoms with Crippen LogP contribution in [0.1, 0.15) is 11.1 Å². The summed E-state index contributed by atoms with van der Waals surface area (Å²) in [6.45, 7) is 1.61. The van der Waals surface area contributed by atoms with Crippen molar-refractivity contribution in [3.05, 3.63) is 76.7 Å². The predicted octanol–water partition coefficient (Wildman–Crippen LogP) is 4.83. The summed E-state index contributed by atoms with van der Waals surface area (Å²) >= 11 is 0.833. The van der Waals surface area contributed by atoms with Gasteiger partial charge in [-0.2, -0.15) is 0 Å². The van der Waals surface area contributed by atoms with E-state index in [4.69, 9.17) is 4.74 Å². The van der Waals surface area contributed by atoms with Crippen LogP contribution in [-0.2, 0) is 9.59 Å². The van der Waals surface area contributed by atoms with E-state index in [9.17, 15) is 14.4 Å². The maximum absolute atomic E-state index is 12.8. The van der Waals surface area contributed by atoms with Crippen LogP contribution in [0.25, 0.3) is 16.8 Å². The molecular weight excluding hydrogens is 412 g/mol. The molecule has 0 radical (unpaired) electrons. The van der Waals surface area contributed by atoms with Crippen LogP contribution in [-0.4, -0.2) is 35.6 Å². The molecule has 1 fully saturated rings. The SMILES string of the molecule is COc1ccc(/C=C2/SC(=O)N(CC(=O)Nc3ccc(C)cc3)C2=O)c2ccccc12. The third-order valence-electron chi connectivity index (χ3n) is 4.93. The topological polar surface area (TPSA) is 75.7 Å². The molecule has 0 spiro atoms. The molecule has 1 N–H and O–H groups in total. The molecule has 1 aliphatic rings. The van der Waals surface area contributed by atoms with Gasteiger partial charge in [-0.25, -0.2) is 0 Å². The lowest BCUT2D eigenvalue weighted by Crippen LogP contribution is -2.36. The molecular formula is C24H20N2O4S. The average Bonchev–Trinajstić information content (AvgIpc) is 3.03. The van der Waals surface area contributed by atoms with E-state index in [-0.39, 0.29) is 11.4 Å². The minimum atomic E-state index is -0.478. The number of imide groups is 1. The van der Waals surface area contributed by atoms with Crippen molar-refractivity contribution >= 4 is 51.4 Å². The second-order valence-corrected chi connectivity index (χ2v) is 8.08. The van der Waals surface area contributed by atoms with E-state index in [1.807, 2.05) is 55.5 Å². The second kappa shape index (κ2) is 8.65. The van der Waals surface area contributed by atoms with Gasteiger partial charge in [0.2, 0.25) is 5.91 Å². The highest BCUT2D eigenvalue weighted by Gasteiger charge is 2.36. The monoisotopic (exact) mass is 432 g/mol. The highest BCUT2D eigenvalue weighted by Crippen LogP contribution is 2.35. The van der Waals surface area contributed by atoms with Crippen molar-refractivity contribution in [1.82, 2.24) is 4.90 Å². The van der Waals surface area contributed by atoms with Crippen LogP contribution in [0.3, 0.4) is 0 Å². The maximum atomic E-state index is 12.8. The van der Waals surface area contributed by atoms with Crippen LogP contribution in [0.2, 0.25) is 0 Å². The molecule has 4 rings (SSSR count). The lowest BCUT2D eigenvalue weighted by molar-refractivity contribution is -0.127. The third kappa shape index (κ3) is 4.32. The number of hydrogen-bond donors (Lipinski definition) is 1. The van der Waals surface area contributed by atoms with Gasteiger partial charge in [-0.15, -0.1) is 0 Å². The molecule has 7 heteroatoms. The highest BCUT2D eigenvalue weighted by atomic mass is 32.2. The Morgan fingerprint density at radius 1 is 1.03 bits per heavy atom. The number of anilines is 1. The summed E-state index contributed by atoms with van der Waals surface area (Å²) in [5.41, 5.74) is 2.48. The normalized spacial score (nSPS) is 15.0. The van der Waals surface area contributed by atoms with Crippen LogP contribution in [0, 0.1) is 6.92 Å². The Morgan fingerprint density at radius 3 is 2.45 bits per heavy atom. The van der Waals surface area contributed by atoms with Gasteiger partial charge in [-0.3, -0.25) is 19.3 Å². The largest absolute Gasteiger partial charge is 0.496 e. The maximum Gasteiger partial charge on any atom is 0.294 e. The summed E-state index contributed by atoms with van der Waals surface area (Å²) in [5, 5.41) is 4.07. The third-order valence-corrected chi connectivity index (χ3v) is 5.84. The number of ether oxygens (including phenoxy) is 1. The van der Waals surface area contributed by atoms with Gasteiger partial charge in [0.1, 0.15) is 12.3 Å². The molecule has 3 aromatic rings. The minimum Gasteiger partial charge on any atom is -0.496 e. The number of benzene rings is 3. The lowest BCUT2D eigenvalue weighted by atomic mass is 10.0. The van der Waals surface area contributed by atoms with Crippen molar-refractivity contribution in [2.75, 3.05) is 19.0 Å². The Labute approximate surface area is 183 Å². The number of methoxy groups -OCH3 is 1. The number of thioether (sulfide) groups is 1. The van der Waals surface area contributed by atoms with Gasteiger partial charge in [0, 0.05) is 11.1 Å². The molecule has 0 bridgehead atoms. The number of nitrogens with zero attached hydrogens (tertiary/aromatic N) is 1. The zero-order valence-electron chi connectivity index (χ0n) is 17.0. The second-order valence-electron chi connectivity index (χ2n) is 7.08. The summed E-state index contributed by atoms with van der Waals surface area (Å²) in [6, 6.07) is 18.7. The highest BCUT2D eigenvalue weighted by molar-refractivity contribution is 8.18. The van der Waals surface area contributed by atoms with Crippen molar-refractivity contribution < 1.29 is 19.1 Å². The fourth-order valence-electron chi connectivity index (χ4n) is 3.36. The molecule has 0 unspecified atom stereocenters. The number of nitrogens with one attached hydrogen (secondary N) is 1. The van der Waals surface area contributed by atoms with Gasteiger partial charge >= 0.3 is 0 Å². The first-order valence-corrected chi connectivity index (χ1v) is 10.5. The van der Waals surface area contributed by atoms with Crippen LogP contribution < -0.4 is 10.1 Å². The van der Waals surface area contributed by atoms with Gasteiger partial charge in [0.05, 0.1) is 12.0 Å². The molecule has 31 heavy (non-hydrogen) atoms. The summed E-state index contributed by atoms with van der Waals surface area (Å²) in [7, 11) is 1.61. The summed E-state index contributed by atoms with van der Waals surface area (Å²) in [4.78, 5) is 38.8. The van der Waals surface area contributed by atoms with Crippen LogP contribution in [0.15, 0.2) is 65.6 Å². The van der Waals surface area contributed by atoms with E-state index in [0.717, 1.165) is 44.3 Å². The Morgan fingerprint density at radius 2 is 1.74 bits per heavy atom. The number of hydrogen-bond acceptors (Lipinski definition) is 5. The van der Waals surface area contributed by atoms with Gasteiger partial charge < -0.3 is 10.1 Å². The van der Waals surface area contributed by atoms with E-state index in [0.29, 0.717) is 5.69 Å². The minimum absolute atomic E-state index is 0.281. The molecule has 156 valence electrons. The first-order valence-electron chi connectivity index (χ1n) is 9.64. The first-order chi connectivity index (χ1) is 15.0. The molecule has 1 heterocycles. The molecule has 3 amide bonds. The quantitative estimate of drug-likeness (QED) is 0.585. The van der Waals surface area contributed by atoms with Gasteiger partial charge in [-0.05, 0) is 53.9 Å². The molecule has 0 aliphatic carbocycles. The number of rotatable bonds is 5. The van der Waals surface area contributed by atoms with Crippen molar-refractivity contribution in [1.29, 1.82) is 0 Å². The van der Waals surface area contributed by atoms with E-state index in [2.05, 4.69) is 5.32 Å². The summed E-state index contributed by atoms with van der Waals surface area (Å²) < 4.78 is 5.41. The van der Waals surface area contributed by atoms with E-state index in [1.165, 1.54) is 0 Å². The van der Waals surface area contributed by atoms with Crippen molar-refractivity contribution in [2.45, 2.75) is 6.92 Å². The average molecular weight is 433 g/mol. The van der Waals surface area contributed by atoms with Crippen molar-refractivity contribution in [3.8, 4) is 5.75 Å². The number of fused-ring (bicyclic) bond motifs is 1. The fourth-order valence-corrected chi connectivity index (χ4v) is 4.19. The fraction of sp³-hybridized carbons (Fsp3) is 0.125. The lowest BCUT2D eigenvalue weighted by Gasteiger charge is -2.12. The number of carbonyl (C=O) groups excluding carboxylic acids is 3. The number of amides is 3. The molecule has 6 nitrogen and oxygen atoms in total. The van der Waals surface area contributed by atoms with E-state index in [1.54, 1.807) is 25.3 Å². The van der Waals surface area contributed by atoms with Crippen molar-refractivity contribution in [2.24, 2.45) is 0 Å². The Balaban J connectivity index is 1.54. The number of aryl methyl sites for hydroxylation is 1. The Bertz CT molecular complexity index is 1220. The van der Waals surface area contributed by atoms with Crippen LogP contribution >= 0.6 is 11.8 Å². The summed E-state index contributed by atoms with van der Waals surface area (Å²) in [6.07, 6.45) is 1.69. The first kappa shape index (κ1) is 20.7. The molecule has 0 aromatic heterocycles. The van der Waals surface area contributed by atoms with Crippen LogP contribution in [0.4, 0.5) is 10.5 Å². The van der Waals surface area contributed by atoms with Gasteiger partial charge in [0.25, 0.3) is 11.1 Å². The summed E-state index contributed by atoms with van der Waals surface area (Å²) in [5.74, 6) is -0.176. The molecule has 0 atom stereocenters. The molecule has 1 saturated heterocycles. The van der Waals surface area contributed by atoms with E-state index >= 15 is 0 Å². The van der Waals surface area contributed by atoms with Crippen LogP contribution in [0.5, 0.6) is 5.75 Å².